The topological polar surface area (TPSA) is 91.9 Å². The monoisotopic (exact) mass is 338 g/mol. The summed E-state index contributed by atoms with van der Waals surface area (Å²) in [6.45, 7) is 6.66. The molecular weight excluding hydrogens is 312 g/mol. The van der Waals surface area contributed by atoms with Crippen molar-refractivity contribution in [1.29, 1.82) is 0 Å². The van der Waals surface area contributed by atoms with Crippen LogP contribution in [0, 0.1) is 0 Å². The Morgan fingerprint density at radius 1 is 1.33 bits per heavy atom. The number of nitrogens with zero attached hydrogens (tertiary/aromatic N) is 4. The van der Waals surface area contributed by atoms with E-state index in [1.165, 1.54) is 0 Å². The molecule has 3 rings (SSSR count). The average molecular weight is 338 g/mol. The van der Waals surface area contributed by atoms with Gasteiger partial charge in [0.2, 0.25) is 11.8 Å². The summed E-state index contributed by atoms with van der Waals surface area (Å²) in [5.41, 5.74) is -0.813. The van der Waals surface area contributed by atoms with Crippen molar-refractivity contribution in [2.24, 2.45) is 0 Å². The van der Waals surface area contributed by atoms with Gasteiger partial charge in [0.05, 0.1) is 25.4 Å². The highest BCUT2D eigenvalue weighted by Crippen LogP contribution is 2.23. The molecule has 0 radical (unpaired) electrons. The van der Waals surface area contributed by atoms with Gasteiger partial charge in [-0.3, -0.25) is 9.69 Å². The van der Waals surface area contributed by atoms with Crippen LogP contribution in [0.15, 0.2) is 4.52 Å². The number of β-amino-alcohol motifs (C(OH)–C–C–N with tert-alkyl or cyclic N) is 1. The second-order valence-electron chi connectivity index (χ2n) is 6.64. The van der Waals surface area contributed by atoms with Crippen molar-refractivity contribution in [3.63, 3.8) is 0 Å². The molecule has 24 heavy (non-hydrogen) atoms. The molecule has 2 fully saturated rings. The van der Waals surface area contributed by atoms with Crippen molar-refractivity contribution in [3.05, 3.63) is 11.7 Å². The Labute approximate surface area is 141 Å². The molecule has 2 aliphatic heterocycles. The van der Waals surface area contributed by atoms with Gasteiger partial charge in [0.15, 0.2) is 5.82 Å². The normalized spacial score (nSPS) is 25.3. The van der Waals surface area contributed by atoms with Crippen LogP contribution in [0.1, 0.15) is 31.5 Å². The Kier molecular flexibility index (Phi) is 5.47. The number of hydrogen-bond acceptors (Lipinski definition) is 7. The number of ether oxygens (including phenoxy) is 1. The largest absolute Gasteiger partial charge is 0.387 e. The summed E-state index contributed by atoms with van der Waals surface area (Å²) in [4.78, 5) is 20.5. The zero-order valence-corrected chi connectivity index (χ0v) is 14.2. The molecular formula is C16H26N4O4. The third kappa shape index (κ3) is 4.31. The number of amides is 1. The molecule has 3 heterocycles. The first-order chi connectivity index (χ1) is 11.6. The van der Waals surface area contributed by atoms with Crippen LogP contribution in [-0.4, -0.2) is 82.5 Å². The summed E-state index contributed by atoms with van der Waals surface area (Å²) in [6.07, 6.45) is 2.12. The number of aliphatic hydroxyl groups is 1. The van der Waals surface area contributed by atoms with Crippen LogP contribution in [0.4, 0.5) is 0 Å². The van der Waals surface area contributed by atoms with Crippen molar-refractivity contribution in [1.82, 2.24) is 19.9 Å². The number of carbonyl (C=O) groups excluding carboxylic acids is 1. The Balaban J connectivity index is 1.46. The second kappa shape index (κ2) is 7.58. The average Bonchev–Trinajstić information content (AvgIpc) is 3.20. The third-order valence-electron chi connectivity index (χ3n) is 4.69. The Morgan fingerprint density at radius 2 is 2.12 bits per heavy atom. The first-order valence-electron chi connectivity index (χ1n) is 8.70. The number of rotatable bonds is 6. The maximum absolute atomic E-state index is 12.4. The summed E-state index contributed by atoms with van der Waals surface area (Å²) < 4.78 is 10.4. The highest BCUT2D eigenvalue weighted by molar-refractivity contribution is 5.76. The molecule has 0 bridgehead atoms. The minimum absolute atomic E-state index is 0.0316. The number of carbonyl (C=O) groups is 1. The molecule has 0 aromatic carbocycles. The number of morpholine rings is 1. The molecule has 1 aromatic heterocycles. The quantitative estimate of drug-likeness (QED) is 0.772. The molecule has 1 atom stereocenters. The van der Waals surface area contributed by atoms with Gasteiger partial charge in [-0.15, -0.1) is 0 Å². The van der Waals surface area contributed by atoms with Crippen molar-refractivity contribution < 1.29 is 19.2 Å². The maximum atomic E-state index is 12.4. The van der Waals surface area contributed by atoms with E-state index in [4.69, 9.17) is 9.26 Å². The fourth-order valence-electron chi connectivity index (χ4n) is 3.28. The van der Waals surface area contributed by atoms with Gasteiger partial charge in [0.1, 0.15) is 0 Å². The molecule has 0 spiro atoms. The van der Waals surface area contributed by atoms with Gasteiger partial charge in [0, 0.05) is 45.4 Å². The summed E-state index contributed by atoms with van der Waals surface area (Å²) in [7, 11) is 0. The lowest BCUT2D eigenvalue weighted by Gasteiger charge is -2.33. The van der Waals surface area contributed by atoms with Crippen LogP contribution in [0.2, 0.25) is 0 Å². The van der Waals surface area contributed by atoms with Gasteiger partial charge in [-0.2, -0.15) is 4.98 Å². The minimum atomic E-state index is -0.813. The fraction of sp³-hybridized carbons (Fsp3) is 0.812. The van der Waals surface area contributed by atoms with E-state index in [1.54, 1.807) is 4.90 Å². The van der Waals surface area contributed by atoms with Crippen molar-refractivity contribution in [2.45, 2.75) is 38.2 Å². The standard InChI is InChI=1S/C16H26N4O4/c1-2-13-17-14(24-18-13)3-4-15(21)20-6-5-16(22,12-20)11-19-7-9-23-10-8-19/h22H,2-12H2,1H3. The van der Waals surface area contributed by atoms with Crippen molar-refractivity contribution >= 4 is 5.91 Å². The molecule has 8 nitrogen and oxygen atoms in total. The Morgan fingerprint density at radius 3 is 2.83 bits per heavy atom. The van der Waals surface area contributed by atoms with Crippen LogP contribution < -0.4 is 0 Å². The van der Waals surface area contributed by atoms with Crippen LogP contribution in [0.3, 0.4) is 0 Å². The predicted molar refractivity (Wildman–Crippen MR) is 85.4 cm³/mol. The third-order valence-corrected chi connectivity index (χ3v) is 4.69. The second-order valence-corrected chi connectivity index (χ2v) is 6.64. The van der Waals surface area contributed by atoms with Crippen LogP contribution in [0.25, 0.3) is 0 Å². The summed E-state index contributed by atoms with van der Waals surface area (Å²) in [5, 5.41) is 14.6. The molecule has 1 unspecified atom stereocenters. The smallest absolute Gasteiger partial charge is 0.227 e. The summed E-state index contributed by atoms with van der Waals surface area (Å²) in [5.74, 6) is 1.20. The Bertz CT molecular complexity index is 558. The number of hydrogen-bond donors (Lipinski definition) is 1. The number of aryl methyl sites for hydroxylation is 2. The SMILES string of the molecule is CCc1noc(CCC(=O)N2CCC(O)(CN3CCOCC3)C2)n1. The number of likely N-dealkylation sites (tertiary alicyclic amines) is 1. The van der Waals surface area contributed by atoms with Crippen molar-refractivity contribution in [3.8, 4) is 0 Å². The predicted octanol–water partition coefficient (Wildman–Crippen LogP) is -0.140. The zero-order valence-electron chi connectivity index (χ0n) is 14.2. The molecule has 1 N–H and O–H groups in total. The molecule has 134 valence electrons. The van der Waals surface area contributed by atoms with E-state index in [-0.39, 0.29) is 5.91 Å². The van der Waals surface area contributed by atoms with Gasteiger partial charge in [-0.1, -0.05) is 12.1 Å². The first-order valence-corrected chi connectivity index (χ1v) is 8.70. The van der Waals surface area contributed by atoms with E-state index < -0.39 is 5.60 Å². The molecule has 2 aliphatic rings. The van der Waals surface area contributed by atoms with E-state index in [2.05, 4.69) is 15.0 Å². The highest BCUT2D eigenvalue weighted by Gasteiger charge is 2.39. The number of aromatic nitrogens is 2. The van der Waals surface area contributed by atoms with E-state index in [9.17, 15) is 9.90 Å². The van der Waals surface area contributed by atoms with Gasteiger partial charge < -0.3 is 19.3 Å². The van der Waals surface area contributed by atoms with Gasteiger partial charge in [-0.25, -0.2) is 0 Å². The molecule has 1 amide bonds. The first kappa shape index (κ1) is 17.3. The van der Waals surface area contributed by atoms with Crippen LogP contribution in [-0.2, 0) is 22.4 Å². The van der Waals surface area contributed by atoms with Gasteiger partial charge in [-0.05, 0) is 6.42 Å². The van der Waals surface area contributed by atoms with E-state index in [0.717, 1.165) is 19.5 Å². The van der Waals surface area contributed by atoms with E-state index in [0.29, 0.717) is 63.8 Å². The van der Waals surface area contributed by atoms with Crippen molar-refractivity contribution in [2.75, 3.05) is 45.9 Å². The van der Waals surface area contributed by atoms with Crippen LogP contribution >= 0.6 is 0 Å². The summed E-state index contributed by atoms with van der Waals surface area (Å²) in [6, 6.07) is 0. The van der Waals surface area contributed by atoms with Gasteiger partial charge >= 0.3 is 0 Å². The zero-order chi connectivity index (χ0) is 17.0. The van der Waals surface area contributed by atoms with E-state index in [1.807, 2.05) is 6.92 Å². The van der Waals surface area contributed by atoms with E-state index >= 15 is 0 Å². The molecule has 0 aliphatic carbocycles. The Hall–Kier alpha value is -1.51. The lowest BCUT2D eigenvalue weighted by molar-refractivity contribution is -0.131. The fourth-order valence-corrected chi connectivity index (χ4v) is 3.28. The minimum Gasteiger partial charge on any atom is -0.387 e. The molecule has 0 saturated carbocycles. The highest BCUT2D eigenvalue weighted by atomic mass is 16.5. The molecule has 8 heteroatoms. The lowest BCUT2D eigenvalue weighted by Crippen LogP contribution is -2.49. The molecule has 1 aromatic rings. The molecule has 2 saturated heterocycles. The summed E-state index contributed by atoms with van der Waals surface area (Å²) >= 11 is 0. The maximum Gasteiger partial charge on any atom is 0.227 e. The lowest BCUT2D eigenvalue weighted by atomic mass is 10.0. The van der Waals surface area contributed by atoms with Crippen LogP contribution in [0.5, 0.6) is 0 Å². The van der Waals surface area contributed by atoms with Gasteiger partial charge in [0.25, 0.3) is 0 Å².